The Morgan fingerprint density at radius 2 is 1.15 bits per heavy atom. The number of rotatable bonds is 7. The summed E-state index contributed by atoms with van der Waals surface area (Å²) >= 11 is 0. The Balaban J connectivity index is 1.82. The van der Waals surface area contributed by atoms with Gasteiger partial charge in [-0.1, -0.05) is 91.0 Å². The summed E-state index contributed by atoms with van der Waals surface area (Å²) in [5.41, 5.74) is 0.00207. The summed E-state index contributed by atoms with van der Waals surface area (Å²) in [6.45, 7) is -0.113. The van der Waals surface area contributed by atoms with Crippen LogP contribution in [0.2, 0.25) is 0 Å². The van der Waals surface area contributed by atoms with Crippen molar-refractivity contribution < 1.29 is 22.7 Å². The zero-order valence-corrected chi connectivity index (χ0v) is 17.5. The second-order valence-corrected chi connectivity index (χ2v) is 7.42. The van der Waals surface area contributed by atoms with Crippen LogP contribution in [-0.4, -0.2) is 11.3 Å². The molecule has 0 unspecified atom stereocenters. The van der Waals surface area contributed by atoms with E-state index in [0.29, 0.717) is 0 Å². The molecule has 4 aromatic rings. The maximum absolute atomic E-state index is 13.2. The summed E-state index contributed by atoms with van der Waals surface area (Å²) in [6.07, 6.45) is -4.55. The van der Waals surface area contributed by atoms with Gasteiger partial charge in [-0.2, -0.15) is 13.2 Å². The lowest BCUT2D eigenvalue weighted by Crippen LogP contribution is -2.33. The Hall–Kier alpha value is -3.77. The van der Waals surface area contributed by atoms with Gasteiger partial charge in [0.05, 0.1) is 17.9 Å². The molecule has 0 spiro atoms. The highest BCUT2D eigenvalue weighted by atomic mass is 19.4. The Labute approximate surface area is 189 Å². The summed E-state index contributed by atoms with van der Waals surface area (Å²) in [6, 6.07) is 30.9. The van der Waals surface area contributed by atoms with E-state index in [2.05, 4.69) is 4.98 Å². The summed E-state index contributed by atoms with van der Waals surface area (Å²) in [4.78, 5) is 15.2. The lowest BCUT2D eigenvalue weighted by Gasteiger charge is -2.36. The van der Waals surface area contributed by atoms with Crippen LogP contribution in [0.25, 0.3) is 0 Å². The number of alkyl halides is 3. The number of aldehydes is 1. The number of carbonyl (C=O) groups is 1. The second kappa shape index (κ2) is 9.38. The number of nitrogens with zero attached hydrogens (tertiary/aromatic N) is 1. The van der Waals surface area contributed by atoms with Crippen LogP contribution in [-0.2, 0) is 23.1 Å². The van der Waals surface area contributed by atoms with E-state index in [0.717, 1.165) is 22.8 Å². The molecule has 4 rings (SSSR count). The molecule has 0 amide bonds. The van der Waals surface area contributed by atoms with Crippen molar-refractivity contribution in [3.8, 4) is 0 Å². The SMILES string of the molecule is O=Cc1nc(COC(c2ccccc2)(c2ccccc2)c2ccccc2)ccc1C(F)(F)F. The summed E-state index contributed by atoms with van der Waals surface area (Å²) in [5.74, 6) is 0. The highest BCUT2D eigenvalue weighted by molar-refractivity contribution is 5.74. The topological polar surface area (TPSA) is 39.2 Å². The van der Waals surface area contributed by atoms with Gasteiger partial charge in [0, 0.05) is 0 Å². The minimum atomic E-state index is -4.66. The van der Waals surface area contributed by atoms with Gasteiger partial charge in [0.25, 0.3) is 0 Å². The number of ether oxygens (including phenoxy) is 1. The number of carbonyl (C=O) groups excluding carboxylic acids is 1. The number of hydrogen-bond acceptors (Lipinski definition) is 3. The number of aromatic nitrogens is 1. The van der Waals surface area contributed by atoms with Crippen molar-refractivity contribution in [1.29, 1.82) is 0 Å². The molecule has 0 aliphatic carbocycles. The zero-order valence-electron chi connectivity index (χ0n) is 17.5. The highest BCUT2D eigenvalue weighted by Crippen LogP contribution is 2.41. The largest absolute Gasteiger partial charge is 0.418 e. The number of hydrogen-bond donors (Lipinski definition) is 0. The van der Waals surface area contributed by atoms with Crippen LogP contribution >= 0.6 is 0 Å². The van der Waals surface area contributed by atoms with Crippen LogP contribution in [0.15, 0.2) is 103 Å². The van der Waals surface area contributed by atoms with Crippen LogP contribution in [0.4, 0.5) is 13.2 Å². The summed E-state index contributed by atoms with van der Waals surface area (Å²) in [7, 11) is 0. The van der Waals surface area contributed by atoms with E-state index in [-0.39, 0.29) is 18.6 Å². The smallest absolute Gasteiger partial charge is 0.355 e. The van der Waals surface area contributed by atoms with Crippen molar-refractivity contribution in [2.45, 2.75) is 18.4 Å². The molecule has 1 heterocycles. The highest BCUT2D eigenvalue weighted by Gasteiger charge is 2.38. The molecule has 3 aromatic carbocycles. The first-order valence-electron chi connectivity index (χ1n) is 10.3. The Bertz CT molecular complexity index is 1110. The van der Waals surface area contributed by atoms with Crippen molar-refractivity contribution in [2.24, 2.45) is 0 Å². The van der Waals surface area contributed by atoms with E-state index in [9.17, 15) is 18.0 Å². The van der Waals surface area contributed by atoms with E-state index < -0.39 is 23.0 Å². The standard InChI is InChI=1S/C27H20F3NO2/c28-27(29,30)24-17-16-23(31-25(24)18-32)19-33-26(20-10-4-1-5-11-20,21-12-6-2-7-13-21)22-14-8-3-9-15-22/h1-18H,19H2. The summed E-state index contributed by atoms with van der Waals surface area (Å²) < 4.78 is 46.1. The quantitative estimate of drug-likeness (QED) is 0.242. The molecule has 0 saturated heterocycles. The normalized spacial score (nSPS) is 11.8. The van der Waals surface area contributed by atoms with Crippen LogP contribution in [0.1, 0.15) is 38.4 Å². The van der Waals surface area contributed by atoms with E-state index >= 15 is 0 Å². The predicted molar refractivity (Wildman–Crippen MR) is 119 cm³/mol. The number of pyridine rings is 1. The van der Waals surface area contributed by atoms with Crippen molar-refractivity contribution in [3.05, 3.63) is 137 Å². The molecule has 0 N–H and O–H groups in total. The van der Waals surface area contributed by atoms with E-state index in [1.165, 1.54) is 6.07 Å². The second-order valence-electron chi connectivity index (χ2n) is 7.42. The monoisotopic (exact) mass is 447 g/mol. The van der Waals surface area contributed by atoms with Gasteiger partial charge in [-0.25, -0.2) is 4.98 Å². The maximum Gasteiger partial charge on any atom is 0.418 e. The van der Waals surface area contributed by atoms with Crippen molar-refractivity contribution in [1.82, 2.24) is 4.98 Å². The van der Waals surface area contributed by atoms with Gasteiger partial charge in [-0.3, -0.25) is 4.79 Å². The molecule has 0 fully saturated rings. The van der Waals surface area contributed by atoms with Gasteiger partial charge >= 0.3 is 6.18 Å². The third-order valence-electron chi connectivity index (χ3n) is 5.38. The third-order valence-corrected chi connectivity index (χ3v) is 5.38. The van der Waals surface area contributed by atoms with E-state index in [1.807, 2.05) is 91.0 Å². The first-order valence-corrected chi connectivity index (χ1v) is 10.3. The lowest BCUT2D eigenvalue weighted by atomic mass is 9.80. The molecule has 0 aliphatic rings. The van der Waals surface area contributed by atoms with Crippen LogP contribution < -0.4 is 0 Å². The zero-order chi connectivity index (χ0) is 23.3. The fourth-order valence-electron chi connectivity index (χ4n) is 3.88. The first kappa shape index (κ1) is 22.4. The molecule has 0 atom stereocenters. The minimum Gasteiger partial charge on any atom is -0.355 e. The van der Waals surface area contributed by atoms with E-state index in [4.69, 9.17) is 4.74 Å². The van der Waals surface area contributed by atoms with Crippen molar-refractivity contribution in [2.75, 3.05) is 0 Å². The Morgan fingerprint density at radius 3 is 1.55 bits per heavy atom. The fraction of sp³-hybridized carbons (Fsp3) is 0.111. The van der Waals surface area contributed by atoms with Crippen molar-refractivity contribution >= 4 is 6.29 Å². The molecule has 166 valence electrons. The third kappa shape index (κ3) is 4.56. The van der Waals surface area contributed by atoms with E-state index in [1.54, 1.807) is 0 Å². The first-order chi connectivity index (χ1) is 15.9. The molecule has 0 aliphatic heterocycles. The minimum absolute atomic E-state index is 0.113. The van der Waals surface area contributed by atoms with Gasteiger partial charge in [-0.05, 0) is 28.8 Å². The predicted octanol–water partition coefficient (Wildman–Crippen LogP) is 6.42. The molecular weight excluding hydrogens is 427 g/mol. The average Bonchev–Trinajstić information content (AvgIpc) is 2.85. The lowest BCUT2D eigenvalue weighted by molar-refractivity contribution is -0.138. The van der Waals surface area contributed by atoms with Crippen LogP contribution in [0.3, 0.4) is 0 Å². The van der Waals surface area contributed by atoms with Gasteiger partial charge in [0.2, 0.25) is 0 Å². The van der Waals surface area contributed by atoms with Gasteiger partial charge in [0.1, 0.15) is 11.3 Å². The maximum atomic E-state index is 13.2. The van der Waals surface area contributed by atoms with Gasteiger partial charge in [-0.15, -0.1) is 0 Å². The molecule has 3 nitrogen and oxygen atoms in total. The van der Waals surface area contributed by atoms with Crippen molar-refractivity contribution in [3.63, 3.8) is 0 Å². The van der Waals surface area contributed by atoms with Gasteiger partial charge < -0.3 is 4.74 Å². The molecule has 0 saturated carbocycles. The molecular formula is C27H20F3NO2. The number of benzene rings is 3. The molecule has 1 aromatic heterocycles. The van der Waals surface area contributed by atoms with Crippen LogP contribution in [0, 0.1) is 0 Å². The Kier molecular flexibility index (Phi) is 6.38. The van der Waals surface area contributed by atoms with Crippen LogP contribution in [0.5, 0.6) is 0 Å². The molecule has 0 bridgehead atoms. The summed E-state index contributed by atoms with van der Waals surface area (Å²) in [5, 5.41) is 0. The molecule has 0 radical (unpaired) electrons. The molecule has 33 heavy (non-hydrogen) atoms. The van der Waals surface area contributed by atoms with Gasteiger partial charge in [0.15, 0.2) is 6.29 Å². The molecule has 6 heteroatoms. The Morgan fingerprint density at radius 1 is 0.697 bits per heavy atom. The average molecular weight is 447 g/mol. The number of halogens is 3. The fourth-order valence-corrected chi connectivity index (χ4v) is 3.88.